The molecule has 5 heteroatoms. The molecule has 0 saturated carbocycles. The zero-order valence-electron chi connectivity index (χ0n) is 9.61. The molecule has 1 aromatic heterocycles. The number of hydrogen-bond donors (Lipinski definition) is 2. The fraction of sp³-hybridized carbons (Fsp3) is 0.0769. The number of H-pyrrole nitrogens is 1. The van der Waals surface area contributed by atoms with Gasteiger partial charge in [0, 0.05) is 10.6 Å². The Morgan fingerprint density at radius 1 is 1.39 bits per heavy atom. The highest BCUT2D eigenvalue weighted by molar-refractivity contribution is 6.29. The second-order valence-electron chi connectivity index (χ2n) is 3.72. The number of carbonyl (C=O) groups is 1. The molecule has 0 atom stereocenters. The van der Waals surface area contributed by atoms with Gasteiger partial charge in [-0.15, -0.1) is 0 Å². The molecule has 0 unspecified atom stereocenters. The first-order valence-electron chi connectivity index (χ1n) is 5.38. The van der Waals surface area contributed by atoms with Gasteiger partial charge in [-0.3, -0.25) is 9.89 Å². The standard InChI is InChI=1S/C13H12ClN3O/c1-9(14)7-15-13(18)11-8-16-17-12(11)10-5-3-2-4-6-10/h2-6,8H,1,7H2,(H,15,18)(H,16,17). The highest BCUT2D eigenvalue weighted by Crippen LogP contribution is 2.20. The van der Waals surface area contributed by atoms with Crippen LogP contribution in [0.1, 0.15) is 10.4 Å². The van der Waals surface area contributed by atoms with Crippen molar-refractivity contribution in [2.75, 3.05) is 6.54 Å². The molecule has 0 aliphatic rings. The van der Waals surface area contributed by atoms with Gasteiger partial charge in [-0.05, 0) is 0 Å². The number of halogens is 1. The van der Waals surface area contributed by atoms with Crippen LogP contribution in [-0.2, 0) is 0 Å². The van der Waals surface area contributed by atoms with Crippen LogP contribution in [0.2, 0.25) is 0 Å². The van der Waals surface area contributed by atoms with Gasteiger partial charge in [0.2, 0.25) is 0 Å². The molecule has 0 aliphatic carbocycles. The maximum absolute atomic E-state index is 11.9. The van der Waals surface area contributed by atoms with E-state index in [0.717, 1.165) is 5.56 Å². The summed E-state index contributed by atoms with van der Waals surface area (Å²) in [7, 11) is 0. The number of aromatic nitrogens is 2. The van der Waals surface area contributed by atoms with Gasteiger partial charge in [-0.2, -0.15) is 5.10 Å². The number of aromatic amines is 1. The Kier molecular flexibility index (Phi) is 3.79. The lowest BCUT2D eigenvalue weighted by atomic mass is 10.1. The molecule has 18 heavy (non-hydrogen) atoms. The summed E-state index contributed by atoms with van der Waals surface area (Å²) >= 11 is 5.61. The number of benzene rings is 1. The van der Waals surface area contributed by atoms with Crippen LogP contribution < -0.4 is 5.32 Å². The second kappa shape index (κ2) is 5.51. The Morgan fingerprint density at radius 3 is 2.78 bits per heavy atom. The molecule has 2 aromatic rings. The normalized spacial score (nSPS) is 10.1. The molecule has 92 valence electrons. The third-order valence-corrected chi connectivity index (χ3v) is 2.52. The first-order valence-corrected chi connectivity index (χ1v) is 5.76. The quantitative estimate of drug-likeness (QED) is 0.889. The Balaban J connectivity index is 2.23. The van der Waals surface area contributed by atoms with E-state index in [9.17, 15) is 4.79 Å². The van der Waals surface area contributed by atoms with Gasteiger partial charge >= 0.3 is 0 Å². The van der Waals surface area contributed by atoms with Crippen LogP contribution in [0.3, 0.4) is 0 Å². The zero-order chi connectivity index (χ0) is 13.0. The lowest BCUT2D eigenvalue weighted by Gasteiger charge is -2.04. The minimum absolute atomic E-state index is 0.232. The Labute approximate surface area is 110 Å². The lowest BCUT2D eigenvalue weighted by Crippen LogP contribution is -2.24. The van der Waals surface area contributed by atoms with Crippen molar-refractivity contribution in [3.8, 4) is 11.3 Å². The average Bonchev–Trinajstić information content (AvgIpc) is 2.86. The Bertz CT molecular complexity index is 563. The van der Waals surface area contributed by atoms with Crippen molar-refractivity contribution in [3.05, 3.63) is 53.7 Å². The summed E-state index contributed by atoms with van der Waals surface area (Å²) in [6.45, 7) is 3.75. The van der Waals surface area contributed by atoms with E-state index in [-0.39, 0.29) is 12.5 Å². The molecule has 1 heterocycles. The second-order valence-corrected chi connectivity index (χ2v) is 4.26. The summed E-state index contributed by atoms with van der Waals surface area (Å²) in [6, 6.07) is 9.53. The van der Waals surface area contributed by atoms with E-state index in [2.05, 4.69) is 22.1 Å². The fourth-order valence-corrected chi connectivity index (χ4v) is 1.62. The van der Waals surface area contributed by atoms with E-state index in [1.807, 2.05) is 30.3 Å². The smallest absolute Gasteiger partial charge is 0.255 e. The molecule has 1 amide bonds. The van der Waals surface area contributed by atoms with E-state index in [1.54, 1.807) is 0 Å². The molecular formula is C13H12ClN3O. The Morgan fingerprint density at radius 2 is 2.11 bits per heavy atom. The first-order chi connectivity index (χ1) is 8.68. The van der Waals surface area contributed by atoms with Gasteiger partial charge in [0.25, 0.3) is 5.91 Å². The molecule has 0 saturated heterocycles. The van der Waals surface area contributed by atoms with Gasteiger partial charge in [-0.1, -0.05) is 48.5 Å². The predicted octanol–water partition coefficient (Wildman–Crippen LogP) is 2.56. The SMILES string of the molecule is C=C(Cl)CNC(=O)c1cn[nH]c1-c1ccccc1. The number of nitrogens with one attached hydrogen (secondary N) is 2. The zero-order valence-corrected chi connectivity index (χ0v) is 10.4. The van der Waals surface area contributed by atoms with Crippen LogP contribution >= 0.6 is 11.6 Å². The molecule has 0 bridgehead atoms. The number of carbonyl (C=O) groups excluding carboxylic acids is 1. The minimum Gasteiger partial charge on any atom is -0.347 e. The molecular weight excluding hydrogens is 250 g/mol. The maximum Gasteiger partial charge on any atom is 0.255 e. The molecule has 4 nitrogen and oxygen atoms in total. The average molecular weight is 262 g/mol. The molecule has 2 rings (SSSR count). The summed E-state index contributed by atoms with van der Waals surface area (Å²) in [5.74, 6) is -0.232. The van der Waals surface area contributed by atoms with Gasteiger partial charge in [0.05, 0.1) is 24.0 Å². The molecule has 0 aliphatic heterocycles. The van der Waals surface area contributed by atoms with Gasteiger partial charge in [0.15, 0.2) is 0 Å². The first kappa shape index (κ1) is 12.4. The van der Waals surface area contributed by atoms with Crippen molar-refractivity contribution < 1.29 is 4.79 Å². The number of hydrogen-bond acceptors (Lipinski definition) is 2. The van der Waals surface area contributed by atoms with Crippen LogP contribution in [0.5, 0.6) is 0 Å². The molecule has 2 N–H and O–H groups in total. The fourth-order valence-electron chi connectivity index (χ4n) is 1.55. The van der Waals surface area contributed by atoms with E-state index in [0.29, 0.717) is 16.3 Å². The Hall–Kier alpha value is -2.07. The van der Waals surface area contributed by atoms with E-state index in [4.69, 9.17) is 11.6 Å². The lowest BCUT2D eigenvalue weighted by molar-refractivity contribution is 0.0958. The van der Waals surface area contributed by atoms with E-state index >= 15 is 0 Å². The number of rotatable bonds is 4. The third kappa shape index (κ3) is 2.78. The molecule has 0 fully saturated rings. The van der Waals surface area contributed by atoms with Crippen LogP contribution in [0.4, 0.5) is 0 Å². The summed E-state index contributed by atoms with van der Waals surface area (Å²) in [5.41, 5.74) is 2.08. The minimum atomic E-state index is -0.232. The van der Waals surface area contributed by atoms with Crippen molar-refractivity contribution in [1.29, 1.82) is 0 Å². The summed E-state index contributed by atoms with van der Waals surface area (Å²) in [6.07, 6.45) is 1.49. The van der Waals surface area contributed by atoms with Crippen molar-refractivity contribution in [2.45, 2.75) is 0 Å². The van der Waals surface area contributed by atoms with E-state index in [1.165, 1.54) is 6.20 Å². The van der Waals surface area contributed by atoms with Crippen molar-refractivity contribution in [2.24, 2.45) is 0 Å². The van der Waals surface area contributed by atoms with Crippen LogP contribution in [0.25, 0.3) is 11.3 Å². The van der Waals surface area contributed by atoms with Gasteiger partial charge in [-0.25, -0.2) is 0 Å². The molecule has 1 aromatic carbocycles. The molecule has 0 spiro atoms. The van der Waals surface area contributed by atoms with Gasteiger partial charge in [0.1, 0.15) is 0 Å². The monoisotopic (exact) mass is 261 g/mol. The van der Waals surface area contributed by atoms with Crippen molar-refractivity contribution in [1.82, 2.24) is 15.5 Å². The summed E-state index contributed by atoms with van der Waals surface area (Å²) in [5, 5.41) is 9.78. The van der Waals surface area contributed by atoms with Crippen LogP contribution in [-0.4, -0.2) is 22.6 Å². The topological polar surface area (TPSA) is 57.8 Å². The highest BCUT2D eigenvalue weighted by Gasteiger charge is 2.14. The van der Waals surface area contributed by atoms with E-state index < -0.39 is 0 Å². The van der Waals surface area contributed by atoms with Crippen LogP contribution in [0, 0.1) is 0 Å². The van der Waals surface area contributed by atoms with Crippen molar-refractivity contribution in [3.63, 3.8) is 0 Å². The molecule has 0 radical (unpaired) electrons. The summed E-state index contributed by atoms with van der Waals surface area (Å²) < 4.78 is 0. The number of nitrogens with zero attached hydrogens (tertiary/aromatic N) is 1. The summed E-state index contributed by atoms with van der Waals surface area (Å²) in [4.78, 5) is 11.9. The predicted molar refractivity (Wildman–Crippen MR) is 71.3 cm³/mol. The van der Waals surface area contributed by atoms with Gasteiger partial charge < -0.3 is 5.32 Å². The maximum atomic E-state index is 11.9. The van der Waals surface area contributed by atoms with Crippen molar-refractivity contribution >= 4 is 17.5 Å². The third-order valence-electron chi connectivity index (χ3n) is 2.39. The highest BCUT2D eigenvalue weighted by atomic mass is 35.5. The number of amides is 1. The largest absolute Gasteiger partial charge is 0.347 e. The van der Waals surface area contributed by atoms with Crippen LogP contribution in [0.15, 0.2) is 48.1 Å².